The van der Waals surface area contributed by atoms with Crippen LogP contribution in [0.25, 0.3) is 4.91 Å². The van der Waals surface area contributed by atoms with Gasteiger partial charge < -0.3 is 0 Å². The van der Waals surface area contributed by atoms with E-state index in [9.17, 15) is 4.79 Å². The smallest absolute Gasteiger partial charge is 0.159 e. The van der Waals surface area contributed by atoms with E-state index in [4.69, 9.17) is 0 Å². The number of hydrogen-bond acceptors (Lipinski definition) is 2. The van der Waals surface area contributed by atoms with Gasteiger partial charge in [-0.25, -0.2) is 0 Å². The molecule has 2 heteroatoms. The van der Waals surface area contributed by atoms with Crippen molar-refractivity contribution in [2.45, 2.75) is 18.7 Å². The fourth-order valence-corrected chi connectivity index (χ4v) is 2.65. The summed E-state index contributed by atoms with van der Waals surface area (Å²) in [6, 6.07) is 15.8. The number of benzene rings is 2. The molecule has 0 saturated carbocycles. The molecule has 0 aromatic heterocycles. The van der Waals surface area contributed by atoms with E-state index in [1.54, 1.807) is 18.7 Å². The topological polar surface area (TPSA) is 17.1 Å². The van der Waals surface area contributed by atoms with Crippen molar-refractivity contribution in [1.29, 1.82) is 0 Å². The fourth-order valence-electron chi connectivity index (χ4n) is 1.75. The second kappa shape index (κ2) is 5.89. The van der Waals surface area contributed by atoms with Gasteiger partial charge in [-0.05, 0) is 31.0 Å². The average molecular weight is 268 g/mol. The first kappa shape index (κ1) is 13.6. The number of aryl methyl sites for hydroxylation is 1. The molecule has 0 aliphatic rings. The van der Waals surface area contributed by atoms with Crippen molar-refractivity contribution in [2.75, 3.05) is 0 Å². The molecule has 0 amide bonds. The van der Waals surface area contributed by atoms with Gasteiger partial charge in [-0.2, -0.15) is 0 Å². The Balaban J connectivity index is 2.16. The van der Waals surface area contributed by atoms with Crippen LogP contribution in [0.2, 0.25) is 0 Å². The molecular formula is C17H16OS. The lowest BCUT2D eigenvalue weighted by Gasteiger charge is -2.08. The average Bonchev–Trinajstić information content (AvgIpc) is 2.41. The number of carbonyl (C=O) groups is 1. The molecule has 0 radical (unpaired) electrons. The Morgan fingerprint density at radius 3 is 2.16 bits per heavy atom. The molecule has 0 N–H and O–H groups in total. The van der Waals surface area contributed by atoms with E-state index >= 15 is 0 Å². The lowest BCUT2D eigenvalue weighted by atomic mass is 10.1. The summed E-state index contributed by atoms with van der Waals surface area (Å²) in [6.45, 7) is 7.78. The van der Waals surface area contributed by atoms with Crippen LogP contribution in [0.3, 0.4) is 0 Å². The third-order valence-electron chi connectivity index (χ3n) is 2.94. The Morgan fingerprint density at radius 1 is 1.00 bits per heavy atom. The van der Waals surface area contributed by atoms with Crippen LogP contribution in [0.15, 0.2) is 60.0 Å². The number of carbonyl (C=O) groups excluding carboxylic acids is 1. The molecule has 0 fully saturated rings. The van der Waals surface area contributed by atoms with E-state index < -0.39 is 0 Å². The van der Waals surface area contributed by atoms with Crippen LogP contribution in [-0.4, -0.2) is 5.78 Å². The van der Waals surface area contributed by atoms with E-state index in [1.807, 2.05) is 36.4 Å². The highest BCUT2D eigenvalue weighted by Crippen LogP contribution is 2.34. The monoisotopic (exact) mass is 268 g/mol. The van der Waals surface area contributed by atoms with Gasteiger partial charge in [0.05, 0.1) is 0 Å². The Bertz CT molecular complexity index is 611. The number of thioether (sulfide) groups is 1. The summed E-state index contributed by atoms with van der Waals surface area (Å²) < 4.78 is 0. The zero-order valence-corrected chi connectivity index (χ0v) is 12.0. The Kier molecular flexibility index (Phi) is 4.23. The van der Waals surface area contributed by atoms with E-state index in [0.717, 1.165) is 16.0 Å². The van der Waals surface area contributed by atoms with Gasteiger partial charge in [0, 0.05) is 15.4 Å². The highest BCUT2D eigenvalue weighted by Gasteiger charge is 2.05. The maximum atomic E-state index is 11.2. The number of rotatable bonds is 4. The lowest BCUT2D eigenvalue weighted by molar-refractivity contribution is 0.101. The first-order chi connectivity index (χ1) is 9.08. The highest BCUT2D eigenvalue weighted by molar-refractivity contribution is 8.08. The fraction of sp³-hybridized carbons (Fsp3) is 0.118. The van der Waals surface area contributed by atoms with Gasteiger partial charge in [0.25, 0.3) is 0 Å². The Hall–Kier alpha value is -1.80. The molecule has 0 unspecified atom stereocenters. The summed E-state index contributed by atoms with van der Waals surface area (Å²) in [5.41, 5.74) is 3.03. The van der Waals surface area contributed by atoms with Crippen molar-refractivity contribution < 1.29 is 4.79 Å². The van der Waals surface area contributed by atoms with Crippen LogP contribution < -0.4 is 0 Å². The van der Waals surface area contributed by atoms with Crippen molar-refractivity contribution in [3.05, 3.63) is 71.8 Å². The van der Waals surface area contributed by atoms with Gasteiger partial charge in [0.2, 0.25) is 0 Å². The van der Waals surface area contributed by atoms with Gasteiger partial charge in [-0.3, -0.25) is 4.79 Å². The summed E-state index contributed by atoms with van der Waals surface area (Å²) >= 11 is 1.66. The van der Waals surface area contributed by atoms with Crippen LogP contribution in [0.1, 0.15) is 28.4 Å². The molecule has 1 nitrogen and oxygen atoms in total. The molecule has 0 spiro atoms. The van der Waals surface area contributed by atoms with Crippen LogP contribution in [0.4, 0.5) is 0 Å². The third-order valence-corrected chi connectivity index (χ3v) is 4.10. The highest BCUT2D eigenvalue weighted by atomic mass is 32.2. The SMILES string of the molecule is C=C(Sc1ccccc1C)c1ccc(C(C)=O)cc1. The molecule has 0 atom stereocenters. The first-order valence-corrected chi connectivity index (χ1v) is 6.93. The summed E-state index contributed by atoms with van der Waals surface area (Å²) in [6.07, 6.45) is 0. The van der Waals surface area contributed by atoms with Crippen LogP contribution in [-0.2, 0) is 0 Å². The van der Waals surface area contributed by atoms with Crippen molar-refractivity contribution in [3.8, 4) is 0 Å². The second-order valence-electron chi connectivity index (χ2n) is 4.42. The normalized spacial score (nSPS) is 10.2. The molecule has 2 aromatic rings. The third kappa shape index (κ3) is 3.36. The van der Waals surface area contributed by atoms with Gasteiger partial charge in [-0.15, -0.1) is 0 Å². The maximum absolute atomic E-state index is 11.2. The summed E-state index contributed by atoms with van der Waals surface area (Å²) in [7, 11) is 0. The Labute approximate surface area is 118 Å². The van der Waals surface area contributed by atoms with E-state index in [-0.39, 0.29) is 5.78 Å². The molecule has 0 saturated heterocycles. The van der Waals surface area contributed by atoms with Gasteiger partial charge in [-0.1, -0.05) is 60.8 Å². The number of ketones is 1. The predicted molar refractivity (Wildman–Crippen MR) is 82.5 cm³/mol. The van der Waals surface area contributed by atoms with E-state index in [2.05, 4.69) is 25.6 Å². The van der Waals surface area contributed by atoms with Crippen molar-refractivity contribution in [2.24, 2.45) is 0 Å². The van der Waals surface area contributed by atoms with Crippen molar-refractivity contribution in [1.82, 2.24) is 0 Å². The molecule has 2 rings (SSSR count). The van der Waals surface area contributed by atoms with Crippen LogP contribution in [0, 0.1) is 6.92 Å². The summed E-state index contributed by atoms with van der Waals surface area (Å²) in [5.74, 6) is 0.0868. The largest absolute Gasteiger partial charge is 0.295 e. The molecule has 0 aliphatic carbocycles. The second-order valence-corrected chi connectivity index (χ2v) is 5.56. The zero-order valence-electron chi connectivity index (χ0n) is 11.1. The Morgan fingerprint density at radius 2 is 1.58 bits per heavy atom. The minimum Gasteiger partial charge on any atom is -0.295 e. The minimum atomic E-state index is 0.0868. The lowest BCUT2D eigenvalue weighted by Crippen LogP contribution is -1.91. The van der Waals surface area contributed by atoms with Gasteiger partial charge >= 0.3 is 0 Å². The number of hydrogen-bond donors (Lipinski definition) is 0. The molecule has 0 bridgehead atoms. The molecule has 19 heavy (non-hydrogen) atoms. The van der Waals surface area contributed by atoms with Gasteiger partial charge in [0.15, 0.2) is 5.78 Å². The quantitative estimate of drug-likeness (QED) is 0.576. The maximum Gasteiger partial charge on any atom is 0.159 e. The molecule has 0 heterocycles. The first-order valence-electron chi connectivity index (χ1n) is 6.11. The van der Waals surface area contributed by atoms with E-state index in [1.165, 1.54) is 10.5 Å². The van der Waals surface area contributed by atoms with Gasteiger partial charge in [0.1, 0.15) is 0 Å². The van der Waals surface area contributed by atoms with Crippen LogP contribution >= 0.6 is 11.8 Å². The molecule has 0 aliphatic heterocycles. The standard InChI is InChI=1S/C17H16OS/c1-12-6-4-5-7-17(12)19-14(3)16-10-8-15(9-11-16)13(2)18/h4-11H,3H2,1-2H3. The predicted octanol–water partition coefficient (Wildman–Crippen LogP) is 4.96. The summed E-state index contributed by atoms with van der Waals surface area (Å²) in [4.78, 5) is 13.4. The zero-order chi connectivity index (χ0) is 13.8. The number of Topliss-reactive ketones (excluding diaryl/α,β-unsaturated/α-hetero) is 1. The van der Waals surface area contributed by atoms with Crippen LogP contribution in [0.5, 0.6) is 0 Å². The molecular weight excluding hydrogens is 252 g/mol. The molecule has 96 valence electrons. The van der Waals surface area contributed by atoms with Crippen molar-refractivity contribution >= 4 is 22.5 Å². The molecule has 2 aromatic carbocycles. The summed E-state index contributed by atoms with van der Waals surface area (Å²) in [5, 5.41) is 0. The van der Waals surface area contributed by atoms with Crippen molar-refractivity contribution in [3.63, 3.8) is 0 Å². The van der Waals surface area contributed by atoms with E-state index in [0.29, 0.717) is 0 Å². The minimum absolute atomic E-state index is 0.0868.